The fraction of sp³-hybridized carbons (Fsp3) is 0.800. The molecule has 0 aromatic heterocycles. The molecule has 0 aromatic rings. The normalized spacial score (nSPS) is 34.5. The standard InChI is InChI=1S/C10H20N4O2/c1-3-5-9(11)7(15)13-8(16)14-10(9,12)6-4-2/h3-6,11-12H2,1-2H3,(H2,13,14,15,16). The van der Waals surface area contributed by atoms with Crippen molar-refractivity contribution in [2.24, 2.45) is 11.5 Å². The molecule has 0 aliphatic carbocycles. The van der Waals surface area contributed by atoms with Crippen molar-refractivity contribution < 1.29 is 9.59 Å². The minimum absolute atomic E-state index is 0.440. The molecule has 1 saturated heterocycles. The van der Waals surface area contributed by atoms with Gasteiger partial charge in [0.15, 0.2) is 0 Å². The molecule has 0 radical (unpaired) electrons. The summed E-state index contributed by atoms with van der Waals surface area (Å²) in [6.07, 6.45) is 2.38. The minimum atomic E-state index is -1.23. The summed E-state index contributed by atoms with van der Waals surface area (Å²) in [5.74, 6) is -0.492. The molecule has 6 heteroatoms. The molecule has 1 fully saturated rings. The fourth-order valence-corrected chi connectivity index (χ4v) is 2.17. The molecule has 2 unspecified atom stereocenters. The predicted molar refractivity (Wildman–Crippen MR) is 60.3 cm³/mol. The lowest BCUT2D eigenvalue weighted by atomic mass is 9.76. The molecule has 2 atom stereocenters. The van der Waals surface area contributed by atoms with Gasteiger partial charge in [0.1, 0.15) is 11.2 Å². The number of nitrogens with one attached hydrogen (secondary N) is 2. The van der Waals surface area contributed by atoms with Crippen molar-refractivity contribution in [3.8, 4) is 0 Å². The van der Waals surface area contributed by atoms with Gasteiger partial charge in [-0.15, -0.1) is 0 Å². The van der Waals surface area contributed by atoms with Gasteiger partial charge >= 0.3 is 6.03 Å². The summed E-state index contributed by atoms with van der Waals surface area (Å²) in [6.45, 7) is 3.85. The van der Waals surface area contributed by atoms with Crippen molar-refractivity contribution in [1.29, 1.82) is 0 Å². The van der Waals surface area contributed by atoms with Crippen molar-refractivity contribution >= 4 is 11.9 Å². The SMILES string of the molecule is CCCC1(N)NC(=O)NC(=O)C1(N)CCC. The van der Waals surface area contributed by atoms with E-state index in [0.29, 0.717) is 12.8 Å². The summed E-state index contributed by atoms with van der Waals surface area (Å²) in [4.78, 5) is 23.1. The van der Waals surface area contributed by atoms with Crippen molar-refractivity contribution in [3.63, 3.8) is 0 Å². The Kier molecular flexibility index (Phi) is 3.54. The molecule has 16 heavy (non-hydrogen) atoms. The van der Waals surface area contributed by atoms with Crippen LogP contribution in [0.3, 0.4) is 0 Å². The third-order valence-corrected chi connectivity index (χ3v) is 3.05. The van der Waals surface area contributed by atoms with Crippen LogP contribution in [0, 0.1) is 0 Å². The number of hydrogen-bond donors (Lipinski definition) is 4. The molecule has 0 spiro atoms. The predicted octanol–water partition coefficient (Wildman–Crippen LogP) is -0.221. The van der Waals surface area contributed by atoms with E-state index in [2.05, 4.69) is 10.6 Å². The van der Waals surface area contributed by atoms with E-state index in [0.717, 1.165) is 12.8 Å². The van der Waals surface area contributed by atoms with E-state index in [4.69, 9.17) is 11.5 Å². The summed E-state index contributed by atoms with van der Waals surface area (Å²) >= 11 is 0. The number of carbonyl (C=O) groups is 2. The summed E-state index contributed by atoms with van der Waals surface area (Å²) in [5.41, 5.74) is 9.80. The van der Waals surface area contributed by atoms with Gasteiger partial charge < -0.3 is 16.8 Å². The van der Waals surface area contributed by atoms with Crippen molar-refractivity contribution in [2.75, 3.05) is 0 Å². The Bertz CT molecular complexity index is 307. The van der Waals surface area contributed by atoms with Crippen LogP contribution in [0.4, 0.5) is 4.79 Å². The van der Waals surface area contributed by atoms with Crippen molar-refractivity contribution in [1.82, 2.24) is 10.6 Å². The van der Waals surface area contributed by atoms with Gasteiger partial charge in [0.05, 0.1) is 0 Å². The molecule has 0 aromatic carbocycles. The Balaban J connectivity index is 3.06. The van der Waals surface area contributed by atoms with Gasteiger partial charge in [-0.2, -0.15) is 0 Å². The highest BCUT2D eigenvalue weighted by atomic mass is 16.2. The molecule has 6 N–H and O–H groups in total. The number of carbonyl (C=O) groups excluding carboxylic acids is 2. The van der Waals surface area contributed by atoms with Crippen LogP contribution >= 0.6 is 0 Å². The van der Waals surface area contributed by atoms with Crippen LogP contribution in [-0.2, 0) is 4.79 Å². The van der Waals surface area contributed by atoms with Crippen LogP contribution < -0.4 is 22.1 Å². The van der Waals surface area contributed by atoms with E-state index < -0.39 is 23.1 Å². The molecule has 1 heterocycles. The number of imide groups is 1. The van der Waals surface area contributed by atoms with E-state index in [9.17, 15) is 9.59 Å². The summed E-state index contributed by atoms with van der Waals surface area (Å²) in [5, 5.41) is 4.76. The van der Waals surface area contributed by atoms with Gasteiger partial charge in [0.25, 0.3) is 5.91 Å². The maximum absolute atomic E-state index is 11.8. The third-order valence-electron chi connectivity index (χ3n) is 3.05. The first kappa shape index (κ1) is 12.9. The third kappa shape index (κ3) is 1.90. The Morgan fingerprint density at radius 2 is 1.69 bits per heavy atom. The highest BCUT2D eigenvalue weighted by molar-refractivity contribution is 6.03. The van der Waals surface area contributed by atoms with Crippen LogP contribution in [0.2, 0.25) is 0 Å². The number of rotatable bonds is 4. The molecular weight excluding hydrogens is 208 g/mol. The summed E-state index contributed by atoms with van der Waals surface area (Å²) in [7, 11) is 0. The molecule has 0 saturated carbocycles. The Labute approximate surface area is 95.1 Å². The Morgan fingerprint density at radius 3 is 2.19 bits per heavy atom. The zero-order valence-electron chi connectivity index (χ0n) is 9.80. The monoisotopic (exact) mass is 228 g/mol. The first-order valence-electron chi connectivity index (χ1n) is 5.61. The molecular formula is C10H20N4O2. The van der Waals surface area contributed by atoms with E-state index >= 15 is 0 Å². The fourth-order valence-electron chi connectivity index (χ4n) is 2.17. The maximum atomic E-state index is 11.8. The Morgan fingerprint density at radius 1 is 1.12 bits per heavy atom. The van der Waals surface area contributed by atoms with Crippen molar-refractivity contribution in [2.45, 2.75) is 50.7 Å². The van der Waals surface area contributed by atoms with Crippen LogP contribution in [0.5, 0.6) is 0 Å². The number of urea groups is 1. The minimum Gasteiger partial charge on any atom is -0.318 e. The second-order valence-electron chi connectivity index (χ2n) is 4.35. The quantitative estimate of drug-likeness (QED) is 0.533. The van der Waals surface area contributed by atoms with Gasteiger partial charge in [0.2, 0.25) is 0 Å². The lowest BCUT2D eigenvalue weighted by Gasteiger charge is -2.47. The van der Waals surface area contributed by atoms with Gasteiger partial charge in [-0.05, 0) is 12.8 Å². The van der Waals surface area contributed by atoms with E-state index in [1.165, 1.54) is 0 Å². The van der Waals surface area contributed by atoms with Gasteiger partial charge in [-0.25, -0.2) is 4.79 Å². The summed E-state index contributed by atoms with van der Waals surface area (Å²) in [6, 6.07) is -0.571. The largest absolute Gasteiger partial charge is 0.323 e. The first-order valence-corrected chi connectivity index (χ1v) is 5.61. The van der Waals surface area contributed by atoms with Crippen LogP contribution in [0.1, 0.15) is 39.5 Å². The molecule has 3 amide bonds. The second-order valence-corrected chi connectivity index (χ2v) is 4.35. The number of nitrogens with two attached hydrogens (primary N) is 2. The van der Waals surface area contributed by atoms with Gasteiger partial charge in [0, 0.05) is 0 Å². The van der Waals surface area contributed by atoms with E-state index in [1.54, 1.807) is 0 Å². The lowest BCUT2D eigenvalue weighted by Crippen LogP contribution is -2.83. The molecule has 0 bridgehead atoms. The summed E-state index contributed by atoms with van der Waals surface area (Å²) < 4.78 is 0. The van der Waals surface area contributed by atoms with Crippen LogP contribution in [0.25, 0.3) is 0 Å². The molecule has 1 rings (SSSR count). The lowest BCUT2D eigenvalue weighted by molar-refractivity contribution is -0.130. The highest BCUT2D eigenvalue weighted by Crippen LogP contribution is 2.27. The highest BCUT2D eigenvalue weighted by Gasteiger charge is 2.54. The topological polar surface area (TPSA) is 110 Å². The molecule has 92 valence electrons. The van der Waals surface area contributed by atoms with Crippen molar-refractivity contribution in [3.05, 3.63) is 0 Å². The molecule has 1 aliphatic rings. The van der Waals surface area contributed by atoms with E-state index in [1.807, 2.05) is 13.8 Å². The Hall–Kier alpha value is -1.14. The maximum Gasteiger partial charge on any atom is 0.323 e. The molecule has 1 aliphatic heterocycles. The van der Waals surface area contributed by atoms with Crippen LogP contribution in [0.15, 0.2) is 0 Å². The smallest absolute Gasteiger partial charge is 0.318 e. The van der Waals surface area contributed by atoms with E-state index in [-0.39, 0.29) is 0 Å². The first-order chi connectivity index (χ1) is 7.39. The second kappa shape index (κ2) is 4.39. The number of hydrogen-bond acceptors (Lipinski definition) is 4. The van der Waals surface area contributed by atoms with Gasteiger partial charge in [-0.3, -0.25) is 10.1 Å². The number of amides is 3. The average Bonchev–Trinajstić information content (AvgIpc) is 2.15. The molecule has 6 nitrogen and oxygen atoms in total. The average molecular weight is 228 g/mol. The zero-order chi connectivity index (χ0) is 12.4. The van der Waals surface area contributed by atoms with Crippen LogP contribution in [-0.4, -0.2) is 23.1 Å². The zero-order valence-corrected chi connectivity index (χ0v) is 9.80. The van der Waals surface area contributed by atoms with Gasteiger partial charge in [-0.1, -0.05) is 26.7 Å².